The second-order valence-corrected chi connectivity index (χ2v) is 6.83. The van der Waals surface area contributed by atoms with E-state index in [1.54, 1.807) is 0 Å². The van der Waals surface area contributed by atoms with Gasteiger partial charge in [0.1, 0.15) is 0 Å². The van der Waals surface area contributed by atoms with E-state index in [1.165, 1.54) is 38.5 Å². The molecule has 0 bridgehead atoms. The van der Waals surface area contributed by atoms with Crippen LogP contribution in [0.3, 0.4) is 0 Å². The van der Waals surface area contributed by atoms with Gasteiger partial charge >= 0.3 is 0 Å². The Morgan fingerprint density at radius 1 is 1.21 bits per heavy atom. The summed E-state index contributed by atoms with van der Waals surface area (Å²) in [4.78, 5) is 12.0. The summed E-state index contributed by atoms with van der Waals surface area (Å²) in [7, 11) is 0. The van der Waals surface area contributed by atoms with E-state index in [4.69, 9.17) is 0 Å². The maximum absolute atomic E-state index is 12.0. The van der Waals surface area contributed by atoms with Gasteiger partial charge in [-0.3, -0.25) is 4.79 Å². The molecular formula is C16H30N2O. The number of amides is 1. The van der Waals surface area contributed by atoms with Crippen LogP contribution < -0.4 is 10.6 Å². The first-order valence-corrected chi connectivity index (χ1v) is 8.15. The minimum absolute atomic E-state index is 0.240. The number of carbonyl (C=O) groups is 1. The van der Waals surface area contributed by atoms with Crippen LogP contribution in [0.2, 0.25) is 0 Å². The van der Waals surface area contributed by atoms with Gasteiger partial charge in [0.05, 0.1) is 0 Å². The van der Waals surface area contributed by atoms with Gasteiger partial charge in [-0.1, -0.05) is 26.7 Å². The Morgan fingerprint density at radius 2 is 2.05 bits per heavy atom. The summed E-state index contributed by atoms with van der Waals surface area (Å²) < 4.78 is 0. The van der Waals surface area contributed by atoms with E-state index < -0.39 is 0 Å². The van der Waals surface area contributed by atoms with Crippen LogP contribution >= 0.6 is 0 Å². The molecule has 0 spiro atoms. The molecule has 4 unspecified atom stereocenters. The zero-order valence-corrected chi connectivity index (χ0v) is 12.6. The summed E-state index contributed by atoms with van der Waals surface area (Å²) >= 11 is 0. The third-order valence-corrected chi connectivity index (χ3v) is 4.97. The van der Waals surface area contributed by atoms with Crippen LogP contribution in [-0.4, -0.2) is 25.0 Å². The molecule has 3 heteroatoms. The summed E-state index contributed by atoms with van der Waals surface area (Å²) in [5.41, 5.74) is 0. The number of piperidine rings is 1. The SMILES string of the molecule is CC1CCCC(CNC(=O)CC2NCCCC2C)C1. The molecule has 19 heavy (non-hydrogen) atoms. The average Bonchev–Trinajstić information content (AvgIpc) is 2.39. The van der Waals surface area contributed by atoms with E-state index in [2.05, 4.69) is 24.5 Å². The van der Waals surface area contributed by atoms with Crippen molar-refractivity contribution in [1.82, 2.24) is 10.6 Å². The second-order valence-electron chi connectivity index (χ2n) is 6.83. The molecule has 1 aliphatic heterocycles. The van der Waals surface area contributed by atoms with Crippen molar-refractivity contribution in [2.75, 3.05) is 13.1 Å². The highest BCUT2D eigenvalue weighted by molar-refractivity contribution is 5.76. The molecule has 0 radical (unpaired) electrons. The Labute approximate surface area is 117 Å². The Balaban J connectivity index is 1.66. The van der Waals surface area contributed by atoms with Crippen LogP contribution in [-0.2, 0) is 4.79 Å². The Hall–Kier alpha value is -0.570. The molecule has 2 N–H and O–H groups in total. The molecule has 110 valence electrons. The van der Waals surface area contributed by atoms with Crippen molar-refractivity contribution in [2.45, 2.75) is 64.8 Å². The van der Waals surface area contributed by atoms with Crippen molar-refractivity contribution in [3.05, 3.63) is 0 Å². The van der Waals surface area contributed by atoms with Crippen molar-refractivity contribution in [3.8, 4) is 0 Å². The van der Waals surface area contributed by atoms with Crippen molar-refractivity contribution in [3.63, 3.8) is 0 Å². The molecule has 0 aromatic rings. The van der Waals surface area contributed by atoms with Crippen LogP contribution in [0.15, 0.2) is 0 Å². The Bertz CT molecular complexity index is 292. The normalized spacial score (nSPS) is 35.9. The highest BCUT2D eigenvalue weighted by Crippen LogP contribution is 2.28. The molecule has 3 nitrogen and oxygen atoms in total. The Kier molecular flexibility index (Phi) is 5.68. The van der Waals surface area contributed by atoms with Gasteiger partial charge in [0.15, 0.2) is 0 Å². The molecule has 2 fully saturated rings. The van der Waals surface area contributed by atoms with Gasteiger partial charge in [-0.15, -0.1) is 0 Å². The van der Waals surface area contributed by atoms with Gasteiger partial charge in [0, 0.05) is 19.0 Å². The molecular weight excluding hydrogens is 236 g/mol. The zero-order chi connectivity index (χ0) is 13.7. The minimum Gasteiger partial charge on any atom is -0.356 e. The highest BCUT2D eigenvalue weighted by Gasteiger charge is 2.24. The quantitative estimate of drug-likeness (QED) is 0.821. The van der Waals surface area contributed by atoms with E-state index in [9.17, 15) is 4.79 Å². The molecule has 1 saturated heterocycles. The van der Waals surface area contributed by atoms with Crippen LogP contribution in [0.25, 0.3) is 0 Å². The number of nitrogens with one attached hydrogen (secondary N) is 2. The third kappa shape index (κ3) is 4.79. The first-order valence-electron chi connectivity index (χ1n) is 8.15. The molecule has 0 aromatic carbocycles. The van der Waals surface area contributed by atoms with Gasteiger partial charge in [-0.05, 0) is 50.0 Å². The van der Waals surface area contributed by atoms with Crippen LogP contribution in [0.1, 0.15) is 58.8 Å². The number of hydrogen-bond donors (Lipinski definition) is 2. The number of hydrogen-bond acceptors (Lipinski definition) is 2. The lowest BCUT2D eigenvalue weighted by Crippen LogP contribution is -2.44. The van der Waals surface area contributed by atoms with E-state index in [0.717, 1.165) is 19.0 Å². The minimum atomic E-state index is 0.240. The predicted octanol–water partition coefficient (Wildman–Crippen LogP) is 2.71. The predicted molar refractivity (Wildman–Crippen MR) is 78.9 cm³/mol. The van der Waals surface area contributed by atoms with E-state index in [0.29, 0.717) is 24.3 Å². The number of carbonyl (C=O) groups excluding carboxylic acids is 1. The fourth-order valence-corrected chi connectivity index (χ4v) is 3.66. The summed E-state index contributed by atoms with van der Waals surface area (Å²) in [6.07, 6.45) is 8.45. The van der Waals surface area contributed by atoms with E-state index in [1.807, 2.05) is 0 Å². The first-order chi connectivity index (χ1) is 9.15. The molecule has 1 heterocycles. The summed E-state index contributed by atoms with van der Waals surface area (Å²) in [6, 6.07) is 0.388. The lowest BCUT2D eigenvalue weighted by Gasteiger charge is -2.30. The summed E-state index contributed by atoms with van der Waals surface area (Å²) in [5, 5.41) is 6.65. The number of rotatable bonds is 4. The van der Waals surface area contributed by atoms with E-state index >= 15 is 0 Å². The Morgan fingerprint density at radius 3 is 2.79 bits per heavy atom. The summed E-state index contributed by atoms with van der Waals surface area (Å²) in [6.45, 7) is 6.56. The maximum atomic E-state index is 12.0. The average molecular weight is 266 g/mol. The molecule has 1 aliphatic carbocycles. The van der Waals surface area contributed by atoms with Gasteiger partial charge in [0.25, 0.3) is 0 Å². The second kappa shape index (κ2) is 7.28. The smallest absolute Gasteiger partial charge is 0.221 e. The lowest BCUT2D eigenvalue weighted by molar-refractivity contribution is -0.122. The van der Waals surface area contributed by atoms with Gasteiger partial charge in [0.2, 0.25) is 5.91 Å². The highest BCUT2D eigenvalue weighted by atomic mass is 16.1. The van der Waals surface area contributed by atoms with E-state index in [-0.39, 0.29) is 5.91 Å². The van der Waals surface area contributed by atoms with Crippen molar-refractivity contribution >= 4 is 5.91 Å². The molecule has 2 aliphatic rings. The van der Waals surface area contributed by atoms with Gasteiger partial charge in [-0.25, -0.2) is 0 Å². The molecule has 2 rings (SSSR count). The van der Waals surface area contributed by atoms with Crippen LogP contribution in [0.5, 0.6) is 0 Å². The summed E-state index contributed by atoms with van der Waals surface area (Å²) in [5.74, 6) is 2.43. The fraction of sp³-hybridized carbons (Fsp3) is 0.938. The standard InChI is InChI=1S/C16H30N2O/c1-12-5-3-7-14(9-12)11-18-16(19)10-15-13(2)6-4-8-17-15/h12-15,17H,3-11H2,1-2H3,(H,18,19). The van der Waals surface area contributed by atoms with Crippen LogP contribution in [0, 0.1) is 17.8 Å². The first kappa shape index (κ1) is 14.8. The third-order valence-electron chi connectivity index (χ3n) is 4.97. The zero-order valence-electron chi connectivity index (χ0n) is 12.6. The maximum Gasteiger partial charge on any atom is 0.221 e. The largest absolute Gasteiger partial charge is 0.356 e. The lowest BCUT2D eigenvalue weighted by atomic mass is 9.82. The molecule has 1 amide bonds. The van der Waals surface area contributed by atoms with Gasteiger partial charge < -0.3 is 10.6 Å². The van der Waals surface area contributed by atoms with Crippen LogP contribution in [0.4, 0.5) is 0 Å². The topological polar surface area (TPSA) is 41.1 Å². The molecule has 1 saturated carbocycles. The van der Waals surface area contributed by atoms with Gasteiger partial charge in [-0.2, -0.15) is 0 Å². The fourth-order valence-electron chi connectivity index (χ4n) is 3.66. The van der Waals surface area contributed by atoms with Crippen molar-refractivity contribution in [1.29, 1.82) is 0 Å². The van der Waals surface area contributed by atoms with Crippen molar-refractivity contribution in [2.24, 2.45) is 17.8 Å². The molecule has 0 aromatic heterocycles. The molecule has 4 atom stereocenters. The monoisotopic (exact) mass is 266 g/mol. The van der Waals surface area contributed by atoms with Crippen molar-refractivity contribution < 1.29 is 4.79 Å².